The third-order valence-electron chi connectivity index (χ3n) is 3.33. The van der Waals surface area contributed by atoms with Crippen molar-refractivity contribution in [2.45, 2.75) is 25.5 Å². The molecule has 0 saturated heterocycles. The number of ether oxygens (including phenoxy) is 1. The van der Waals surface area contributed by atoms with Gasteiger partial charge < -0.3 is 19.6 Å². The van der Waals surface area contributed by atoms with E-state index in [0.717, 1.165) is 30.9 Å². The summed E-state index contributed by atoms with van der Waals surface area (Å²) in [5.41, 5.74) is 1.17. The van der Waals surface area contributed by atoms with E-state index in [1.165, 1.54) is 5.56 Å². The predicted octanol–water partition coefficient (Wildman–Crippen LogP) is 2.47. The van der Waals surface area contributed by atoms with Gasteiger partial charge >= 0.3 is 0 Å². The number of aromatic hydroxyl groups is 1. The molecule has 0 aliphatic carbocycles. The Balaban J connectivity index is 1.54. The summed E-state index contributed by atoms with van der Waals surface area (Å²) in [6.45, 7) is 1.48. The summed E-state index contributed by atoms with van der Waals surface area (Å²) in [5.74, 6) is 1.98. The molecule has 2 N–H and O–H groups in total. The van der Waals surface area contributed by atoms with E-state index in [-0.39, 0.29) is 11.9 Å². The highest BCUT2D eigenvalue weighted by atomic mass is 16.5. The summed E-state index contributed by atoms with van der Waals surface area (Å²) >= 11 is 0. The van der Waals surface area contributed by atoms with Gasteiger partial charge in [-0.15, -0.1) is 0 Å². The van der Waals surface area contributed by atoms with Crippen LogP contribution in [0.4, 0.5) is 0 Å². The van der Waals surface area contributed by atoms with Crippen molar-refractivity contribution in [3.63, 3.8) is 0 Å². The van der Waals surface area contributed by atoms with Crippen molar-refractivity contribution >= 4 is 0 Å². The lowest BCUT2D eigenvalue weighted by molar-refractivity contribution is 0.169. The zero-order valence-corrected chi connectivity index (χ0v) is 10.6. The molecule has 1 aromatic heterocycles. The third kappa shape index (κ3) is 2.90. The van der Waals surface area contributed by atoms with Crippen LogP contribution in [0.15, 0.2) is 41.0 Å². The Hall–Kier alpha value is -1.94. The molecule has 1 aliphatic heterocycles. The van der Waals surface area contributed by atoms with Gasteiger partial charge in [0.1, 0.15) is 23.4 Å². The second-order valence-corrected chi connectivity index (χ2v) is 4.78. The highest BCUT2D eigenvalue weighted by Crippen LogP contribution is 2.30. The average molecular weight is 259 g/mol. The number of nitrogens with one attached hydrogen (secondary N) is 1. The van der Waals surface area contributed by atoms with E-state index in [9.17, 15) is 5.11 Å². The standard InChI is InChI=1S/C15H17NO3/c17-12-5-3-11-4-6-14(19-15(11)8-12)10-16-9-13-2-1-7-18-13/h1-3,5,7-8,14,16-17H,4,6,9-10H2/t14-/m0/s1. The van der Waals surface area contributed by atoms with E-state index in [2.05, 4.69) is 5.32 Å². The summed E-state index contributed by atoms with van der Waals surface area (Å²) < 4.78 is 11.1. The minimum absolute atomic E-state index is 0.143. The van der Waals surface area contributed by atoms with Gasteiger partial charge in [0, 0.05) is 12.6 Å². The summed E-state index contributed by atoms with van der Waals surface area (Å²) in [6, 6.07) is 9.15. The van der Waals surface area contributed by atoms with Gasteiger partial charge in [0.2, 0.25) is 0 Å². The van der Waals surface area contributed by atoms with Crippen LogP contribution < -0.4 is 10.1 Å². The number of phenolic OH excluding ortho intramolecular Hbond substituents is 1. The lowest BCUT2D eigenvalue weighted by Crippen LogP contribution is -2.33. The van der Waals surface area contributed by atoms with Crippen LogP contribution in [0.3, 0.4) is 0 Å². The minimum atomic E-state index is 0.143. The molecule has 1 aliphatic rings. The Kier molecular flexibility index (Phi) is 3.42. The summed E-state index contributed by atoms with van der Waals surface area (Å²) in [7, 11) is 0. The van der Waals surface area contributed by atoms with Crippen LogP contribution in [0.5, 0.6) is 11.5 Å². The molecule has 100 valence electrons. The topological polar surface area (TPSA) is 54.6 Å². The quantitative estimate of drug-likeness (QED) is 0.885. The van der Waals surface area contributed by atoms with Crippen molar-refractivity contribution < 1.29 is 14.3 Å². The van der Waals surface area contributed by atoms with Crippen LogP contribution in [-0.4, -0.2) is 17.8 Å². The highest BCUT2D eigenvalue weighted by Gasteiger charge is 2.19. The number of aryl methyl sites for hydroxylation is 1. The molecule has 1 atom stereocenters. The molecule has 4 nitrogen and oxygen atoms in total. The van der Waals surface area contributed by atoms with Crippen LogP contribution in [0.25, 0.3) is 0 Å². The van der Waals surface area contributed by atoms with Crippen molar-refractivity contribution in [2.24, 2.45) is 0 Å². The van der Waals surface area contributed by atoms with Gasteiger partial charge in [-0.25, -0.2) is 0 Å². The molecule has 0 amide bonds. The maximum Gasteiger partial charge on any atom is 0.126 e. The van der Waals surface area contributed by atoms with Gasteiger partial charge in [-0.3, -0.25) is 0 Å². The Morgan fingerprint density at radius 1 is 1.32 bits per heavy atom. The van der Waals surface area contributed by atoms with Gasteiger partial charge in [-0.1, -0.05) is 6.07 Å². The second kappa shape index (κ2) is 5.36. The molecule has 0 spiro atoms. The third-order valence-corrected chi connectivity index (χ3v) is 3.33. The largest absolute Gasteiger partial charge is 0.508 e. The first-order chi connectivity index (χ1) is 9.31. The molecule has 2 aromatic rings. The Morgan fingerprint density at radius 3 is 3.11 bits per heavy atom. The lowest BCUT2D eigenvalue weighted by Gasteiger charge is -2.26. The molecule has 0 fully saturated rings. The maximum absolute atomic E-state index is 9.47. The molecule has 19 heavy (non-hydrogen) atoms. The van der Waals surface area contributed by atoms with Gasteiger partial charge in [0.05, 0.1) is 12.8 Å². The molecule has 3 rings (SSSR count). The number of phenols is 1. The lowest BCUT2D eigenvalue weighted by atomic mass is 10.0. The molecular weight excluding hydrogens is 242 g/mol. The first kappa shape index (κ1) is 12.1. The van der Waals surface area contributed by atoms with Crippen LogP contribution in [0, 0.1) is 0 Å². The number of benzene rings is 1. The van der Waals surface area contributed by atoms with Gasteiger partial charge in [-0.05, 0) is 36.6 Å². The Morgan fingerprint density at radius 2 is 2.26 bits per heavy atom. The number of hydrogen-bond acceptors (Lipinski definition) is 4. The summed E-state index contributed by atoms with van der Waals surface area (Å²) in [5, 5.41) is 12.8. The van der Waals surface area contributed by atoms with Gasteiger partial charge in [0.25, 0.3) is 0 Å². The van der Waals surface area contributed by atoms with Gasteiger partial charge in [-0.2, -0.15) is 0 Å². The first-order valence-electron chi connectivity index (χ1n) is 6.53. The number of fused-ring (bicyclic) bond motifs is 1. The van der Waals surface area contributed by atoms with E-state index in [1.807, 2.05) is 18.2 Å². The van der Waals surface area contributed by atoms with Crippen LogP contribution >= 0.6 is 0 Å². The normalized spacial score (nSPS) is 17.8. The number of rotatable bonds is 4. The van der Waals surface area contributed by atoms with Crippen LogP contribution in [0.1, 0.15) is 17.7 Å². The van der Waals surface area contributed by atoms with E-state index < -0.39 is 0 Å². The smallest absolute Gasteiger partial charge is 0.126 e. The fourth-order valence-electron chi connectivity index (χ4n) is 2.33. The molecule has 0 unspecified atom stereocenters. The monoisotopic (exact) mass is 259 g/mol. The fraction of sp³-hybridized carbons (Fsp3) is 0.333. The highest BCUT2D eigenvalue weighted by molar-refractivity contribution is 5.41. The number of furan rings is 1. The first-order valence-corrected chi connectivity index (χ1v) is 6.53. The fourth-order valence-corrected chi connectivity index (χ4v) is 2.33. The minimum Gasteiger partial charge on any atom is -0.508 e. The zero-order valence-electron chi connectivity index (χ0n) is 10.6. The molecule has 4 heteroatoms. The van der Waals surface area contributed by atoms with E-state index in [0.29, 0.717) is 6.54 Å². The number of hydrogen-bond donors (Lipinski definition) is 2. The molecule has 0 radical (unpaired) electrons. The Bertz CT molecular complexity index is 536. The van der Waals surface area contributed by atoms with Crippen molar-refractivity contribution in [3.05, 3.63) is 47.9 Å². The molecular formula is C15H17NO3. The Labute approximate surface area is 112 Å². The predicted molar refractivity (Wildman–Crippen MR) is 71.3 cm³/mol. The van der Waals surface area contributed by atoms with E-state index in [4.69, 9.17) is 9.15 Å². The van der Waals surface area contributed by atoms with Crippen molar-refractivity contribution in [3.8, 4) is 11.5 Å². The maximum atomic E-state index is 9.47. The summed E-state index contributed by atoms with van der Waals surface area (Å²) in [4.78, 5) is 0. The van der Waals surface area contributed by atoms with Crippen molar-refractivity contribution in [2.75, 3.05) is 6.54 Å². The van der Waals surface area contributed by atoms with Crippen LogP contribution in [0.2, 0.25) is 0 Å². The molecule has 0 bridgehead atoms. The molecule has 2 heterocycles. The second-order valence-electron chi connectivity index (χ2n) is 4.78. The molecule has 1 aromatic carbocycles. The SMILES string of the molecule is Oc1ccc2c(c1)O[C@H](CNCc1ccco1)CC2. The van der Waals surface area contributed by atoms with Gasteiger partial charge in [0.15, 0.2) is 0 Å². The zero-order chi connectivity index (χ0) is 13.1. The summed E-state index contributed by atoms with van der Waals surface area (Å²) in [6.07, 6.45) is 3.79. The van der Waals surface area contributed by atoms with E-state index >= 15 is 0 Å². The average Bonchev–Trinajstić information content (AvgIpc) is 2.91. The van der Waals surface area contributed by atoms with Crippen molar-refractivity contribution in [1.82, 2.24) is 5.32 Å². The van der Waals surface area contributed by atoms with E-state index in [1.54, 1.807) is 18.4 Å². The molecule has 0 saturated carbocycles. The van der Waals surface area contributed by atoms with Crippen LogP contribution in [-0.2, 0) is 13.0 Å². The van der Waals surface area contributed by atoms with Crippen molar-refractivity contribution in [1.29, 1.82) is 0 Å².